The van der Waals surface area contributed by atoms with Crippen LogP contribution in [-0.2, 0) is 11.3 Å². The van der Waals surface area contributed by atoms with E-state index in [4.69, 9.17) is 4.42 Å². The molecule has 1 N–H and O–H groups in total. The van der Waals surface area contributed by atoms with Crippen LogP contribution in [-0.4, -0.2) is 31.6 Å². The van der Waals surface area contributed by atoms with Gasteiger partial charge >= 0.3 is 5.97 Å². The van der Waals surface area contributed by atoms with E-state index in [-0.39, 0.29) is 5.97 Å². The number of ether oxygens (including phenoxy) is 1. The van der Waals surface area contributed by atoms with Crippen molar-refractivity contribution < 1.29 is 13.9 Å². The van der Waals surface area contributed by atoms with Crippen molar-refractivity contribution in [2.45, 2.75) is 13.5 Å². The second-order valence-corrected chi connectivity index (χ2v) is 4.33. The number of carbonyl (C=O) groups is 1. The Morgan fingerprint density at radius 1 is 1.62 bits per heavy atom. The Bertz CT molecular complexity index is 349. The van der Waals surface area contributed by atoms with Gasteiger partial charge in [0, 0.05) is 12.3 Å². The van der Waals surface area contributed by atoms with Crippen molar-refractivity contribution in [3.8, 4) is 0 Å². The molecule has 0 radical (unpaired) electrons. The van der Waals surface area contributed by atoms with Crippen molar-refractivity contribution >= 4 is 17.7 Å². The van der Waals surface area contributed by atoms with Gasteiger partial charge in [-0.15, -0.1) is 0 Å². The second kappa shape index (κ2) is 6.60. The number of thioether (sulfide) groups is 1. The first-order valence-corrected chi connectivity index (χ1v) is 6.45. The third-order valence-corrected chi connectivity index (χ3v) is 2.77. The third-order valence-electron chi connectivity index (χ3n) is 2.16. The number of rotatable bonds is 6. The van der Waals surface area contributed by atoms with E-state index in [2.05, 4.69) is 16.3 Å². The fourth-order valence-corrected chi connectivity index (χ4v) is 1.68. The van der Waals surface area contributed by atoms with Crippen molar-refractivity contribution in [2.75, 3.05) is 25.7 Å². The molecule has 0 aromatic carbocycles. The summed E-state index contributed by atoms with van der Waals surface area (Å²) in [5.74, 6) is 2.08. The van der Waals surface area contributed by atoms with Gasteiger partial charge in [-0.25, -0.2) is 4.79 Å². The maximum absolute atomic E-state index is 11.3. The van der Waals surface area contributed by atoms with Crippen LogP contribution in [0.4, 0.5) is 0 Å². The molecule has 0 spiro atoms. The normalized spacial score (nSPS) is 10.4. The molecule has 90 valence electrons. The molecule has 16 heavy (non-hydrogen) atoms. The number of esters is 1. The van der Waals surface area contributed by atoms with Gasteiger partial charge in [-0.3, -0.25) is 0 Å². The Balaban J connectivity index is 2.52. The van der Waals surface area contributed by atoms with Crippen LogP contribution in [0.2, 0.25) is 0 Å². The molecule has 0 unspecified atom stereocenters. The number of nitrogens with one attached hydrogen (secondary N) is 1. The lowest BCUT2D eigenvalue weighted by Crippen LogP contribution is -2.15. The molecule has 0 aliphatic carbocycles. The van der Waals surface area contributed by atoms with Crippen LogP contribution >= 0.6 is 11.8 Å². The van der Waals surface area contributed by atoms with Crippen LogP contribution in [0.5, 0.6) is 0 Å². The average molecular weight is 243 g/mol. The minimum atomic E-state index is -0.350. The highest BCUT2D eigenvalue weighted by molar-refractivity contribution is 7.98. The number of aryl methyl sites for hydroxylation is 1. The molecule has 0 atom stereocenters. The van der Waals surface area contributed by atoms with Crippen LogP contribution in [0.3, 0.4) is 0 Å². The highest BCUT2D eigenvalue weighted by atomic mass is 32.2. The molecule has 0 saturated heterocycles. The number of hydrogen-bond acceptors (Lipinski definition) is 5. The lowest BCUT2D eigenvalue weighted by molar-refractivity contribution is 0.0599. The average Bonchev–Trinajstić information content (AvgIpc) is 2.65. The van der Waals surface area contributed by atoms with Gasteiger partial charge in [-0.2, -0.15) is 11.8 Å². The van der Waals surface area contributed by atoms with E-state index in [1.165, 1.54) is 7.11 Å². The van der Waals surface area contributed by atoms with E-state index in [9.17, 15) is 4.79 Å². The molecule has 4 nitrogen and oxygen atoms in total. The molecule has 5 heteroatoms. The minimum Gasteiger partial charge on any atom is -0.465 e. The number of carbonyl (C=O) groups excluding carboxylic acids is 1. The van der Waals surface area contributed by atoms with Gasteiger partial charge < -0.3 is 14.5 Å². The van der Waals surface area contributed by atoms with Gasteiger partial charge in [-0.05, 0) is 19.2 Å². The SMILES string of the molecule is COC(=O)c1cc(CNCCSC)oc1C. The Hall–Kier alpha value is -0.940. The van der Waals surface area contributed by atoms with E-state index < -0.39 is 0 Å². The molecular weight excluding hydrogens is 226 g/mol. The minimum absolute atomic E-state index is 0.350. The highest BCUT2D eigenvalue weighted by Crippen LogP contribution is 2.15. The van der Waals surface area contributed by atoms with Gasteiger partial charge in [0.2, 0.25) is 0 Å². The number of hydrogen-bond donors (Lipinski definition) is 1. The smallest absolute Gasteiger partial charge is 0.341 e. The quantitative estimate of drug-likeness (QED) is 0.610. The van der Waals surface area contributed by atoms with Crippen LogP contribution in [0.15, 0.2) is 10.5 Å². The molecule has 1 aromatic heterocycles. The first kappa shape index (κ1) is 13.1. The zero-order valence-electron chi connectivity index (χ0n) is 9.83. The molecule has 1 aromatic rings. The molecule has 0 saturated carbocycles. The first-order valence-electron chi connectivity index (χ1n) is 5.06. The zero-order chi connectivity index (χ0) is 12.0. The summed E-state index contributed by atoms with van der Waals surface area (Å²) in [4.78, 5) is 11.3. The predicted octanol–water partition coefficient (Wildman–Crippen LogP) is 1.83. The van der Waals surface area contributed by atoms with Crippen molar-refractivity contribution in [2.24, 2.45) is 0 Å². The molecular formula is C11H17NO3S. The number of furan rings is 1. The maximum atomic E-state index is 11.3. The predicted molar refractivity (Wildman–Crippen MR) is 64.9 cm³/mol. The Morgan fingerprint density at radius 2 is 2.38 bits per heavy atom. The molecule has 0 amide bonds. The highest BCUT2D eigenvalue weighted by Gasteiger charge is 2.14. The summed E-state index contributed by atoms with van der Waals surface area (Å²) in [7, 11) is 1.37. The molecule has 0 aliphatic rings. The fraction of sp³-hybridized carbons (Fsp3) is 0.545. The van der Waals surface area contributed by atoms with E-state index >= 15 is 0 Å². The summed E-state index contributed by atoms with van der Waals surface area (Å²) in [5.41, 5.74) is 0.504. The molecule has 0 aliphatic heterocycles. The van der Waals surface area contributed by atoms with E-state index in [0.29, 0.717) is 17.9 Å². The third kappa shape index (κ3) is 3.57. The van der Waals surface area contributed by atoms with E-state index in [1.807, 2.05) is 0 Å². The van der Waals surface area contributed by atoms with Crippen LogP contribution < -0.4 is 5.32 Å². The van der Waals surface area contributed by atoms with Gasteiger partial charge in [0.05, 0.1) is 13.7 Å². The molecule has 1 heterocycles. The van der Waals surface area contributed by atoms with Crippen LogP contribution in [0.1, 0.15) is 21.9 Å². The zero-order valence-corrected chi connectivity index (χ0v) is 10.6. The lowest BCUT2D eigenvalue weighted by Gasteiger charge is -1.99. The van der Waals surface area contributed by atoms with Crippen molar-refractivity contribution in [3.05, 3.63) is 23.2 Å². The van der Waals surface area contributed by atoms with Gasteiger partial charge in [-0.1, -0.05) is 0 Å². The monoisotopic (exact) mass is 243 g/mol. The van der Waals surface area contributed by atoms with Crippen molar-refractivity contribution in [1.82, 2.24) is 5.32 Å². The Labute approximate surface area is 99.7 Å². The summed E-state index contributed by atoms with van der Waals surface area (Å²) in [5, 5.41) is 3.23. The molecule has 1 rings (SSSR count). The largest absolute Gasteiger partial charge is 0.465 e. The van der Waals surface area contributed by atoms with Crippen molar-refractivity contribution in [3.63, 3.8) is 0 Å². The van der Waals surface area contributed by atoms with Gasteiger partial charge in [0.1, 0.15) is 17.1 Å². The maximum Gasteiger partial charge on any atom is 0.341 e. The van der Waals surface area contributed by atoms with Crippen LogP contribution in [0, 0.1) is 6.92 Å². The standard InChI is InChI=1S/C11H17NO3S/c1-8-10(11(13)14-2)6-9(15-8)7-12-4-5-16-3/h6,12H,4-5,7H2,1-3H3. The molecule has 0 bridgehead atoms. The van der Waals surface area contributed by atoms with E-state index in [1.54, 1.807) is 24.8 Å². The van der Waals surface area contributed by atoms with Crippen molar-refractivity contribution in [1.29, 1.82) is 0 Å². The Morgan fingerprint density at radius 3 is 3.00 bits per heavy atom. The Kier molecular flexibility index (Phi) is 5.42. The van der Waals surface area contributed by atoms with E-state index in [0.717, 1.165) is 18.1 Å². The topological polar surface area (TPSA) is 51.5 Å². The summed E-state index contributed by atoms with van der Waals surface area (Å²) in [6.45, 7) is 3.32. The van der Waals surface area contributed by atoms with Gasteiger partial charge in [0.15, 0.2) is 0 Å². The number of methoxy groups -OCH3 is 1. The fourth-order valence-electron chi connectivity index (χ4n) is 1.33. The lowest BCUT2D eigenvalue weighted by atomic mass is 10.2. The van der Waals surface area contributed by atoms with Gasteiger partial charge in [0.25, 0.3) is 0 Å². The van der Waals surface area contributed by atoms with Crippen LogP contribution in [0.25, 0.3) is 0 Å². The summed E-state index contributed by atoms with van der Waals surface area (Å²) < 4.78 is 10.1. The first-order chi connectivity index (χ1) is 7.69. The summed E-state index contributed by atoms with van der Waals surface area (Å²) in [6.07, 6.45) is 2.06. The summed E-state index contributed by atoms with van der Waals surface area (Å²) in [6, 6.07) is 1.73. The summed E-state index contributed by atoms with van der Waals surface area (Å²) >= 11 is 1.79. The second-order valence-electron chi connectivity index (χ2n) is 3.34. The molecule has 0 fully saturated rings.